The molecular weight excluding hydrogens is 398 g/mol. The average Bonchev–Trinajstić information content (AvgIpc) is 3.19. The van der Waals surface area contributed by atoms with Crippen molar-refractivity contribution in [3.8, 4) is 11.5 Å². The van der Waals surface area contributed by atoms with Gasteiger partial charge in [0.05, 0.1) is 17.4 Å². The first-order valence-corrected chi connectivity index (χ1v) is 10.9. The number of aromatic nitrogens is 2. The van der Waals surface area contributed by atoms with Crippen molar-refractivity contribution in [2.75, 3.05) is 20.2 Å². The van der Waals surface area contributed by atoms with Crippen LogP contribution in [0.5, 0.6) is 11.5 Å². The van der Waals surface area contributed by atoms with Gasteiger partial charge in [-0.25, -0.2) is 4.98 Å². The number of hydrogen-bond acceptors (Lipinski definition) is 4. The summed E-state index contributed by atoms with van der Waals surface area (Å²) in [5, 5.41) is 12.9. The molecule has 164 valence electrons. The zero-order valence-corrected chi connectivity index (χ0v) is 18.8. The van der Waals surface area contributed by atoms with E-state index in [0.717, 1.165) is 52.0 Å². The molecule has 3 aromatic carbocycles. The Morgan fingerprint density at radius 3 is 2.28 bits per heavy atom. The van der Waals surface area contributed by atoms with Crippen molar-refractivity contribution in [3.05, 3.63) is 89.7 Å². The number of imidazole rings is 1. The smallest absolute Gasteiger partial charge is 0.119 e. The van der Waals surface area contributed by atoms with Gasteiger partial charge in [0.2, 0.25) is 0 Å². The van der Waals surface area contributed by atoms with Crippen LogP contribution in [0.25, 0.3) is 22.2 Å². The third kappa shape index (κ3) is 4.53. The number of ether oxygens (including phenoxy) is 1. The van der Waals surface area contributed by atoms with Crippen LogP contribution in [-0.4, -0.2) is 34.9 Å². The summed E-state index contributed by atoms with van der Waals surface area (Å²) in [6.45, 7) is 3.60. The molecule has 4 rings (SSSR count). The van der Waals surface area contributed by atoms with Crippen LogP contribution in [0.2, 0.25) is 0 Å². The number of phenols is 1. The van der Waals surface area contributed by atoms with Gasteiger partial charge in [0, 0.05) is 13.6 Å². The topological polar surface area (TPSA) is 59.3 Å². The Morgan fingerprint density at radius 2 is 1.62 bits per heavy atom. The largest absolute Gasteiger partial charge is 0.508 e. The van der Waals surface area contributed by atoms with E-state index in [2.05, 4.69) is 47.6 Å². The fraction of sp³-hybridized carbons (Fsp3) is 0.222. The molecule has 5 heteroatoms. The third-order valence-corrected chi connectivity index (χ3v) is 5.65. The van der Waals surface area contributed by atoms with Gasteiger partial charge in [-0.1, -0.05) is 37.3 Å². The van der Waals surface area contributed by atoms with Crippen molar-refractivity contribution in [3.63, 3.8) is 0 Å². The lowest BCUT2D eigenvalue weighted by Crippen LogP contribution is -2.15. The van der Waals surface area contributed by atoms with E-state index >= 15 is 0 Å². The number of aromatic hydroxyl groups is 1. The fourth-order valence-electron chi connectivity index (χ4n) is 3.98. The van der Waals surface area contributed by atoms with Crippen LogP contribution in [-0.2, 0) is 7.05 Å². The number of allylic oxidation sites excluding steroid dienone is 1. The molecule has 4 aromatic rings. The second-order valence-electron chi connectivity index (χ2n) is 7.79. The van der Waals surface area contributed by atoms with E-state index in [4.69, 9.17) is 4.74 Å². The summed E-state index contributed by atoms with van der Waals surface area (Å²) in [6, 6.07) is 22.1. The number of aryl methyl sites for hydroxylation is 1. The average molecular weight is 428 g/mol. The highest BCUT2D eigenvalue weighted by molar-refractivity contribution is 5.99. The highest BCUT2D eigenvalue weighted by atomic mass is 16.5. The molecule has 0 fully saturated rings. The van der Waals surface area contributed by atoms with Crippen LogP contribution < -0.4 is 10.1 Å². The molecule has 0 aliphatic carbocycles. The number of nitrogens with one attached hydrogen (secondary N) is 1. The minimum absolute atomic E-state index is 0.259. The van der Waals surface area contributed by atoms with E-state index in [1.165, 1.54) is 5.57 Å². The summed E-state index contributed by atoms with van der Waals surface area (Å²) in [6.07, 6.45) is 2.70. The summed E-state index contributed by atoms with van der Waals surface area (Å²) < 4.78 is 7.83. The molecule has 0 radical (unpaired) electrons. The number of phenolic OH excluding ortho intramolecular Hbond substituents is 1. The molecular formula is C27H29N3O2. The standard InChI is InChI=1S/C27H29N3O2/c1-4-24(21-9-14-26-25(17-21)29-18-30(26)3)27(19-5-10-22(31)11-6-19)20-7-12-23(13-8-20)32-16-15-28-2/h5-14,17-18,28,31H,4,15-16H2,1-3H3/b27-24+. The SMILES string of the molecule is CC/C(=C(/c1ccc(O)cc1)c1ccc(OCCNC)cc1)c1ccc2c(c1)ncn2C. The highest BCUT2D eigenvalue weighted by Gasteiger charge is 2.14. The van der Waals surface area contributed by atoms with E-state index in [-0.39, 0.29) is 5.75 Å². The Hall–Kier alpha value is -3.57. The van der Waals surface area contributed by atoms with Crippen LogP contribution >= 0.6 is 0 Å². The number of rotatable bonds is 8. The second kappa shape index (κ2) is 9.71. The first kappa shape index (κ1) is 21.7. The number of likely N-dealkylation sites (N-methyl/N-ethyl adjacent to an activating group) is 1. The summed E-state index contributed by atoms with van der Waals surface area (Å²) in [5.41, 5.74) is 7.78. The lowest BCUT2D eigenvalue weighted by atomic mass is 9.88. The molecule has 0 unspecified atom stereocenters. The molecule has 1 aromatic heterocycles. The zero-order valence-electron chi connectivity index (χ0n) is 18.8. The number of fused-ring (bicyclic) bond motifs is 1. The molecule has 0 aliphatic heterocycles. The van der Waals surface area contributed by atoms with Crippen LogP contribution in [0.4, 0.5) is 0 Å². The van der Waals surface area contributed by atoms with Crippen LogP contribution in [0.3, 0.4) is 0 Å². The maximum Gasteiger partial charge on any atom is 0.119 e. The maximum absolute atomic E-state index is 9.83. The molecule has 0 bridgehead atoms. The van der Waals surface area contributed by atoms with Crippen LogP contribution in [0.15, 0.2) is 73.1 Å². The fourth-order valence-corrected chi connectivity index (χ4v) is 3.98. The summed E-state index contributed by atoms with van der Waals surface area (Å²) in [7, 11) is 3.92. The van der Waals surface area contributed by atoms with Gasteiger partial charge in [-0.05, 0) is 77.7 Å². The zero-order chi connectivity index (χ0) is 22.5. The predicted octanol–water partition coefficient (Wildman–Crippen LogP) is 5.25. The van der Waals surface area contributed by atoms with E-state index < -0.39 is 0 Å². The van der Waals surface area contributed by atoms with Crippen molar-refractivity contribution in [1.82, 2.24) is 14.9 Å². The van der Waals surface area contributed by atoms with Crippen molar-refractivity contribution in [2.45, 2.75) is 13.3 Å². The molecule has 32 heavy (non-hydrogen) atoms. The van der Waals surface area contributed by atoms with Gasteiger partial charge in [-0.2, -0.15) is 0 Å². The lowest BCUT2D eigenvalue weighted by Gasteiger charge is -2.17. The van der Waals surface area contributed by atoms with Gasteiger partial charge in [0.15, 0.2) is 0 Å². The molecule has 2 N–H and O–H groups in total. The van der Waals surface area contributed by atoms with Crippen LogP contribution in [0.1, 0.15) is 30.0 Å². The monoisotopic (exact) mass is 427 g/mol. The minimum atomic E-state index is 0.259. The van der Waals surface area contributed by atoms with E-state index in [1.807, 2.05) is 49.3 Å². The highest BCUT2D eigenvalue weighted by Crippen LogP contribution is 2.36. The molecule has 0 saturated heterocycles. The summed E-state index contributed by atoms with van der Waals surface area (Å²) in [5.74, 6) is 1.11. The number of hydrogen-bond donors (Lipinski definition) is 2. The second-order valence-corrected chi connectivity index (χ2v) is 7.79. The Balaban J connectivity index is 1.83. The summed E-state index contributed by atoms with van der Waals surface area (Å²) in [4.78, 5) is 4.54. The molecule has 0 spiro atoms. The first-order valence-electron chi connectivity index (χ1n) is 10.9. The normalized spacial score (nSPS) is 12.1. The number of benzene rings is 3. The Bertz CT molecular complexity index is 1220. The van der Waals surface area contributed by atoms with E-state index in [0.29, 0.717) is 6.61 Å². The molecule has 5 nitrogen and oxygen atoms in total. The maximum atomic E-state index is 9.83. The Kier molecular flexibility index (Phi) is 6.57. The van der Waals surface area contributed by atoms with Gasteiger partial charge < -0.3 is 19.7 Å². The molecule has 0 aliphatic rings. The van der Waals surface area contributed by atoms with E-state index in [1.54, 1.807) is 12.1 Å². The quantitative estimate of drug-likeness (QED) is 0.298. The van der Waals surface area contributed by atoms with Crippen molar-refractivity contribution < 1.29 is 9.84 Å². The summed E-state index contributed by atoms with van der Waals surface area (Å²) >= 11 is 0. The lowest BCUT2D eigenvalue weighted by molar-refractivity contribution is 0.318. The van der Waals surface area contributed by atoms with Gasteiger partial charge in [-0.15, -0.1) is 0 Å². The van der Waals surface area contributed by atoms with E-state index in [9.17, 15) is 5.11 Å². The Labute approximate surface area is 189 Å². The molecule has 0 saturated carbocycles. The molecule has 1 heterocycles. The molecule has 0 amide bonds. The minimum Gasteiger partial charge on any atom is -0.508 e. The van der Waals surface area contributed by atoms with Gasteiger partial charge >= 0.3 is 0 Å². The van der Waals surface area contributed by atoms with Gasteiger partial charge in [0.1, 0.15) is 18.1 Å². The number of nitrogens with zero attached hydrogens (tertiary/aromatic N) is 2. The van der Waals surface area contributed by atoms with Crippen molar-refractivity contribution in [2.24, 2.45) is 7.05 Å². The third-order valence-electron chi connectivity index (χ3n) is 5.65. The Morgan fingerprint density at radius 1 is 0.969 bits per heavy atom. The van der Waals surface area contributed by atoms with Gasteiger partial charge in [-0.3, -0.25) is 0 Å². The first-order chi connectivity index (χ1) is 15.6. The van der Waals surface area contributed by atoms with Crippen molar-refractivity contribution >= 4 is 22.2 Å². The van der Waals surface area contributed by atoms with Crippen LogP contribution in [0, 0.1) is 0 Å². The predicted molar refractivity (Wildman–Crippen MR) is 131 cm³/mol. The van der Waals surface area contributed by atoms with Gasteiger partial charge in [0.25, 0.3) is 0 Å². The molecule has 0 atom stereocenters. The van der Waals surface area contributed by atoms with Crippen molar-refractivity contribution in [1.29, 1.82) is 0 Å².